The normalized spacial score (nSPS) is 10.4. The van der Waals surface area contributed by atoms with Gasteiger partial charge in [0.05, 0.1) is 13.1 Å². The van der Waals surface area contributed by atoms with Crippen LogP contribution in [0.25, 0.3) is 0 Å². The molecule has 0 atom stereocenters. The number of carbonyl (C=O) groups excluding carboxylic acids is 1. The van der Waals surface area contributed by atoms with Gasteiger partial charge >= 0.3 is 0 Å². The third kappa shape index (κ3) is 3.89. The van der Waals surface area contributed by atoms with Gasteiger partial charge in [-0.1, -0.05) is 18.2 Å². The van der Waals surface area contributed by atoms with Crippen molar-refractivity contribution < 1.29 is 4.79 Å². The molecule has 6 heteroatoms. The molecule has 0 saturated carbocycles. The molecule has 100 valence electrons. The first kappa shape index (κ1) is 13.2. The van der Waals surface area contributed by atoms with E-state index in [4.69, 9.17) is 0 Å². The Morgan fingerprint density at radius 1 is 1.32 bits per heavy atom. The molecule has 0 aliphatic heterocycles. The minimum atomic E-state index is -0.0752. The van der Waals surface area contributed by atoms with E-state index >= 15 is 0 Å². The molecule has 1 aromatic carbocycles. The molecule has 2 aromatic rings. The highest BCUT2D eigenvalue weighted by molar-refractivity contribution is 5.92. The number of aromatic nitrogens is 3. The highest BCUT2D eigenvalue weighted by Gasteiger charge is 2.04. The fourth-order valence-corrected chi connectivity index (χ4v) is 1.69. The fraction of sp³-hybridized carbons (Fsp3) is 0.308. The van der Waals surface area contributed by atoms with E-state index in [0.717, 1.165) is 18.1 Å². The molecule has 0 bridgehead atoms. The molecular weight excluding hydrogens is 242 g/mol. The van der Waals surface area contributed by atoms with Crippen molar-refractivity contribution in [3.63, 3.8) is 0 Å². The quantitative estimate of drug-likeness (QED) is 0.812. The Bertz CT molecular complexity index is 523. The molecule has 0 spiro atoms. The molecule has 0 radical (unpaired) electrons. The molecule has 19 heavy (non-hydrogen) atoms. The summed E-state index contributed by atoms with van der Waals surface area (Å²) in [7, 11) is 0. The van der Waals surface area contributed by atoms with Crippen molar-refractivity contribution in [3.8, 4) is 0 Å². The van der Waals surface area contributed by atoms with Crippen LogP contribution in [-0.2, 0) is 17.9 Å². The maximum Gasteiger partial charge on any atom is 0.238 e. The van der Waals surface area contributed by atoms with Crippen LogP contribution in [0, 0.1) is 0 Å². The van der Waals surface area contributed by atoms with Gasteiger partial charge in [-0.2, -0.15) is 0 Å². The van der Waals surface area contributed by atoms with Gasteiger partial charge in [-0.3, -0.25) is 4.79 Å². The van der Waals surface area contributed by atoms with Crippen LogP contribution in [0.5, 0.6) is 0 Å². The zero-order valence-electron chi connectivity index (χ0n) is 10.8. The number of hydrogen-bond acceptors (Lipinski definition) is 4. The number of hydrogen-bond donors (Lipinski definition) is 2. The standard InChI is InChI=1S/C13H17N5O/c1-2-18-10-15-17-12(18)8-14-9-13(19)16-11-6-4-3-5-7-11/h3-7,10,14H,2,8-9H2,1H3,(H,16,19). The van der Waals surface area contributed by atoms with Crippen molar-refractivity contribution >= 4 is 11.6 Å². The Labute approximate surface area is 111 Å². The van der Waals surface area contributed by atoms with Crippen LogP contribution in [-0.4, -0.2) is 27.2 Å². The van der Waals surface area contributed by atoms with Crippen LogP contribution in [0.4, 0.5) is 5.69 Å². The Morgan fingerprint density at radius 2 is 2.11 bits per heavy atom. The number of para-hydroxylation sites is 1. The van der Waals surface area contributed by atoms with Crippen molar-refractivity contribution in [2.24, 2.45) is 0 Å². The van der Waals surface area contributed by atoms with E-state index < -0.39 is 0 Å². The molecular formula is C13H17N5O. The average Bonchev–Trinajstić information content (AvgIpc) is 2.87. The van der Waals surface area contributed by atoms with Gasteiger partial charge in [0.25, 0.3) is 0 Å². The summed E-state index contributed by atoms with van der Waals surface area (Å²) in [6, 6.07) is 9.38. The van der Waals surface area contributed by atoms with Crippen LogP contribution in [0.15, 0.2) is 36.7 Å². The minimum Gasteiger partial charge on any atom is -0.325 e. The molecule has 1 amide bonds. The molecule has 0 fully saturated rings. The van der Waals surface area contributed by atoms with Crippen LogP contribution in [0.1, 0.15) is 12.7 Å². The Morgan fingerprint density at radius 3 is 2.84 bits per heavy atom. The third-order valence-electron chi connectivity index (χ3n) is 2.66. The lowest BCUT2D eigenvalue weighted by Gasteiger charge is -2.07. The van der Waals surface area contributed by atoms with Crippen LogP contribution in [0.2, 0.25) is 0 Å². The van der Waals surface area contributed by atoms with E-state index in [1.54, 1.807) is 6.33 Å². The fourth-order valence-electron chi connectivity index (χ4n) is 1.69. The largest absolute Gasteiger partial charge is 0.325 e. The monoisotopic (exact) mass is 259 g/mol. The second-order valence-electron chi connectivity index (χ2n) is 4.05. The lowest BCUT2D eigenvalue weighted by molar-refractivity contribution is -0.115. The van der Waals surface area contributed by atoms with Gasteiger partial charge in [-0.15, -0.1) is 10.2 Å². The first-order chi connectivity index (χ1) is 9.29. The zero-order valence-corrected chi connectivity index (χ0v) is 10.8. The maximum absolute atomic E-state index is 11.7. The van der Waals surface area contributed by atoms with Crippen molar-refractivity contribution in [2.45, 2.75) is 20.0 Å². The number of carbonyl (C=O) groups is 1. The summed E-state index contributed by atoms with van der Waals surface area (Å²) in [4.78, 5) is 11.7. The van der Waals surface area contributed by atoms with Gasteiger partial charge in [0.2, 0.25) is 5.91 Å². The lowest BCUT2D eigenvalue weighted by Crippen LogP contribution is -2.28. The summed E-state index contributed by atoms with van der Waals surface area (Å²) in [6.45, 7) is 3.61. The third-order valence-corrected chi connectivity index (χ3v) is 2.66. The van der Waals surface area contributed by atoms with Crippen LogP contribution in [0.3, 0.4) is 0 Å². The van der Waals surface area contributed by atoms with E-state index in [-0.39, 0.29) is 12.5 Å². The topological polar surface area (TPSA) is 71.8 Å². The number of nitrogens with one attached hydrogen (secondary N) is 2. The highest BCUT2D eigenvalue weighted by Crippen LogP contribution is 2.04. The summed E-state index contributed by atoms with van der Waals surface area (Å²) in [5.41, 5.74) is 0.797. The summed E-state index contributed by atoms with van der Waals surface area (Å²) in [6.07, 6.45) is 1.68. The Balaban J connectivity index is 1.75. The van der Waals surface area contributed by atoms with Gasteiger partial charge in [-0.05, 0) is 19.1 Å². The molecule has 0 unspecified atom stereocenters. The number of aryl methyl sites for hydroxylation is 1. The molecule has 2 N–H and O–H groups in total. The van der Waals surface area contributed by atoms with Gasteiger partial charge in [0.15, 0.2) is 0 Å². The number of amides is 1. The average molecular weight is 259 g/mol. The van der Waals surface area contributed by atoms with Gasteiger partial charge < -0.3 is 15.2 Å². The minimum absolute atomic E-state index is 0.0752. The van der Waals surface area contributed by atoms with Crippen LogP contribution < -0.4 is 10.6 Å². The number of nitrogens with zero attached hydrogens (tertiary/aromatic N) is 3. The molecule has 6 nitrogen and oxygen atoms in total. The summed E-state index contributed by atoms with van der Waals surface area (Å²) in [5, 5.41) is 13.7. The number of rotatable bonds is 6. The molecule has 0 aliphatic rings. The van der Waals surface area contributed by atoms with Crippen molar-refractivity contribution in [3.05, 3.63) is 42.5 Å². The van der Waals surface area contributed by atoms with Crippen LogP contribution >= 0.6 is 0 Å². The predicted octanol–water partition coefficient (Wildman–Crippen LogP) is 1.03. The lowest BCUT2D eigenvalue weighted by atomic mass is 10.3. The summed E-state index contributed by atoms with van der Waals surface area (Å²) in [5.74, 6) is 0.753. The van der Waals surface area contributed by atoms with Crippen molar-refractivity contribution in [1.29, 1.82) is 0 Å². The summed E-state index contributed by atoms with van der Waals surface area (Å²) >= 11 is 0. The van der Waals surface area contributed by atoms with E-state index in [1.807, 2.05) is 41.8 Å². The molecule has 0 aliphatic carbocycles. The first-order valence-electron chi connectivity index (χ1n) is 6.22. The smallest absolute Gasteiger partial charge is 0.238 e. The molecule has 2 rings (SSSR count). The van der Waals surface area contributed by atoms with Crippen molar-refractivity contribution in [2.75, 3.05) is 11.9 Å². The zero-order chi connectivity index (χ0) is 13.5. The summed E-state index contributed by atoms with van der Waals surface area (Å²) < 4.78 is 1.93. The predicted molar refractivity (Wildman–Crippen MR) is 72.5 cm³/mol. The van der Waals surface area contributed by atoms with Crippen molar-refractivity contribution in [1.82, 2.24) is 20.1 Å². The second kappa shape index (κ2) is 6.65. The number of anilines is 1. The Kier molecular flexibility index (Phi) is 4.63. The van der Waals surface area contributed by atoms with E-state index in [9.17, 15) is 4.79 Å². The van der Waals surface area contributed by atoms with E-state index in [1.165, 1.54) is 0 Å². The highest BCUT2D eigenvalue weighted by atomic mass is 16.1. The Hall–Kier alpha value is -2.21. The SMILES string of the molecule is CCn1cnnc1CNCC(=O)Nc1ccccc1. The van der Waals surface area contributed by atoms with Gasteiger partial charge in [0, 0.05) is 12.2 Å². The molecule has 1 heterocycles. The van der Waals surface area contributed by atoms with E-state index in [2.05, 4.69) is 20.8 Å². The molecule has 0 saturated heterocycles. The van der Waals surface area contributed by atoms with E-state index in [0.29, 0.717) is 6.54 Å². The van der Waals surface area contributed by atoms with Gasteiger partial charge in [-0.25, -0.2) is 0 Å². The maximum atomic E-state index is 11.7. The second-order valence-corrected chi connectivity index (χ2v) is 4.05. The molecule has 1 aromatic heterocycles. The van der Waals surface area contributed by atoms with Gasteiger partial charge in [0.1, 0.15) is 12.2 Å². The first-order valence-corrected chi connectivity index (χ1v) is 6.22. The number of benzene rings is 1.